The number of benzene rings is 2. The normalized spacial score (nSPS) is 12.6. The lowest BCUT2D eigenvalue weighted by Crippen LogP contribution is -2.29. The Bertz CT molecular complexity index is 1040. The number of carbonyl (C=O) groups is 2. The predicted octanol–water partition coefficient (Wildman–Crippen LogP) is 4.58. The molecule has 2 rings (SSSR count). The van der Waals surface area contributed by atoms with E-state index in [4.69, 9.17) is 35.9 Å². The van der Waals surface area contributed by atoms with E-state index in [0.717, 1.165) is 35.4 Å². The Morgan fingerprint density at radius 1 is 1.05 bits per heavy atom. The summed E-state index contributed by atoms with van der Waals surface area (Å²) in [5.74, 6) is -0.553. The number of aryl methyl sites for hydroxylation is 1. The Labute approximate surface area is 236 Å². The highest BCUT2D eigenvalue weighted by atomic mass is 32.2. The standard InChI is InChI=1S/C21H23F3O5S.C6H14N2O2/c1-3-27-17(11-28-16-6-4-15(5-7-16)21(22,23)24)13-30-18-8-9-19(14(2)10-18)29-12-20(25)26;7-4-2-1-3-5(8)6(9)10/h4-10,17H,3,11-13H2,1-2H3,(H,25,26);5H,1-4,7-8H2,(H,9,10)/t17-;5-/m10/s1. The molecule has 0 spiro atoms. The molecule has 0 aliphatic carbocycles. The number of nitrogens with two attached hydrogens (primary N) is 2. The molecule has 9 nitrogen and oxygen atoms in total. The van der Waals surface area contributed by atoms with Crippen molar-refractivity contribution in [2.24, 2.45) is 11.5 Å². The van der Waals surface area contributed by atoms with E-state index < -0.39 is 36.3 Å². The number of hydrogen-bond acceptors (Lipinski definition) is 8. The molecular formula is C27H37F3N2O7S. The third kappa shape index (κ3) is 14.4. The van der Waals surface area contributed by atoms with Crippen LogP contribution in [0, 0.1) is 6.92 Å². The van der Waals surface area contributed by atoms with Gasteiger partial charge in [-0.15, -0.1) is 11.8 Å². The van der Waals surface area contributed by atoms with Crippen molar-refractivity contribution in [2.45, 2.75) is 56.3 Å². The van der Waals surface area contributed by atoms with Crippen molar-refractivity contribution in [3.63, 3.8) is 0 Å². The molecule has 0 amide bonds. The smallest absolute Gasteiger partial charge is 0.416 e. The minimum atomic E-state index is -4.38. The molecule has 2 aromatic carbocycles. The summed E-state index contributed by atoms with van der Waals surface area (Å²) in [6, 6.07) is 9.26. The van der Waals surface area contributed by atoms with Crippen LogP contribution in [0.5, 0.6) is 11.5 Å². The minimum Gasteiger partial charge on any atom is -0.491 e. The Kier molecular flexibility index (Phi) is 16.1. The van der Waals surface area contributed by atoms with Gasteiger partial charge in [-0.05, 0) is 81.3 Å². The van der Waals surface area contributed by atoms with Gasteiger partial charge in [0.05, 0.1) is 5.56 Å². The summed E-state index contributed by atoms with van der Waals surface area (Å²) in [7, 11) is 0. The first kappa shape index (κ1) is 35.0. The zero-order chi connectivity index (χ0) is 30.1. The number of unbranched alkanes of at least 4 members (excludes halogenated alkanes) is 1. The maximum atomic E-state index is 12.6. The van der Waals surface area contributed by atoms with Gasteiger partial charge < -0.3 is 35.9 Å². The second kappa shape index (κ2) is 18.4. The van der Waals surface area contributed by atoms with Crippen LogP contribution in [0.3, 0.4) is 0 Å². The molecule has 0 radical (unpaired) electrons. The van der Waals surface area contributed by atoms with Crippen molar-refractivity contribution in [1.29, 1.82) is 0 Å². The third-order valence-electron chi connectivity index (χ3n) is 5.24. The average Bonchev–Trinajstić information content (AvgIpc) is 2.89. The van der Waals surface area contributed by atoms with Gasteiger partial charge in [-0.1, -0.05) is 6.42 Å². The number of carboxylic acid groups (broad SMARTS) is 2. The van der Waals surface area contributed by atoms with Crippen LogP contribution in [0.1, 0.15) is 37.3 Å². The number of aliphatic carboxylic acids is 2. The van der Waals surface area contributed by atoms with Crippen LogP contribution in [0.15, 0.2) is 47.4 Å². The molecule has 0 aromatic heterocycles. The summed E-state index contributed by atoms with van der Waals surface area (Å²) in [6.45, 7) is 4.56. The van der Waals surface area contributed by atoms with Crippen molar-refractivity contribution in [3.8, 4) is 11.5 Å². The van der Waals surface area contributed by atoms with Gasteiger partial charge in [0.2, 0.25) is 0 Å². The molecule has 0 saturated heterocycles. The van der Waals surface area contributed by atoms with Crippen LogP contribution < -0.4 is 20.9 Å². The summed E-state index contributed by atoms with van der Waals surface area (Å²) in [6.07, 6.45) is -2.47. The molecule has 13 heteroatoms. The molecule has 0 aliphatic rings. The Morgan fingerprint density at radius 2 is 1.73 bits per heavy atom. The average molecular weight is 591 g/mol. The predicted molar refractivity (Wildman–Crippen MR) is 146 cm³/mol. The molecular weight excluding hydrogens is 553 g/mol. The van der Waals surface area contributed by atoms with Gasteiger partial charge in [-0.2, -0.15) is 13.2 Å². The molecule has 0 aliphatic heterocycles. The van der Waals surface area contributed by atoms with Crippen LogP contribution in [0.4, 0.5) is 13.2 Å². The molecule has 0 heterocycles. The molecule has 224 valence electrons. The van der Waals surface area contributed by atoms with Crippen LogP contribution >= 0.6 is 11.8 Å². The number of carboxylic acids is 2. The number of alkyl halides is 3. The highest BCUT2D eigenvalue weighted by Crippen LogP contribution is 2.30. The largest absolute Gasteiger partial charge is 0.491 e. The number of thioether (sulfide) groups is 1. The fourth-order valence-corrected chi connectivity index (χ4v) is 4.14. The van der Waals surface area contributed by atoms with Gasteiger partial charge in [0.1, 0.15) is 30.3 Å². The zero-order valence-corrected chi connectivity index (χ0v) is 23.3. The van der Waals surface area contributed by atoms with Crippen molar-refractivity contribution >= 4 is 23.7 Å². The Hall–Kier alpha value is -3.00. The van der Waals surface area contributed by atoms with Crippen LogP contribution in [-0.2, 0) is 20.5 Å². The van der Waals surface area contributed by atoms with Gasteiger partial charge in [0.15, 0.2) is 6.61 Å². The summed E-state index contributed by atoms with van der Waals surface area (Å²) >= 11 is 1.53. The minimum absolute atomic E-state index is 0.199. The number of rotatable bonds is 16. The molecule has 0 saturated carbocycles. The molecule has 2 aromatic rings. The van der Waals surface area contributed by atoms with Crippen LogP contribution in [0.2, 0.25) is 0 Å². The van der Waals surface area contributed by atoms with Gasteiger partial charge in [0, 0.05) is 17.3 Å². The highest BCUT2D eigenvalue weighted by molar-refractivity contribution is 7.99. The van der Waals surface area contributed by atoms with E-state index in [9.17, 15) is 22.8 Å². The van der Waals surface area contributed by atoms with Gasteiger partial charge in [-0.25, -0.2) is 4.79 Å². The molecule has 6 N–H and O–H groups in total. The van der Waals surface area contributed by atoms with Gasteiger partial charge >= 0.3 is 18.1 Å². The number of ether oxygens (including phenoxy) is 3. The van der Waals surface area contributed by atoms with E-state index in [1.54, 1.807) is 6.07 Å². The Balaban J connectivity index is 0.000000680. The van der Waals surface area contributed by atoms with E-state index in [-0.39, 0.29) is 12.7 Å². The maximum Gasteiger partial charge on any atom is 0.416 e. The second-order valence-corrected chi connectivity index (χ2v) is 9.65. The summed E-state index contributed by atoms with van der Waals surface area (Å²) in [5, 5.41) is 17.0. The lowest BCUT2D eigenvalue weighted by atomic mass is 10.1. The van der Waals surface area contributed by atoms with Crippen molar-refractivity contribution in [3.05, 3.63) is 53.6 Å². The first-order valence-corrected chi connectivity index (χ1v) is 13.5. The van der Waals surface area contributed by atoms with E-state index in [0.29, 0.717) is 36.8 Å². The van der Waals surface area contributed by atoms with Crippen molar-refractivity contribution in [1.82, 2.24) is 0 Å². The number of halogens is 3. The lowest BCUT2D eigenvalue weighted by molar-refractivity contribution is -0.140. The van der Waals surface area contributed by atoms with Crippen molar-refractivity contribution in [2.75, 3.05) is 32.1 Å². The molecule has 40 heavy (non-hydrogen) atoms. The third-order valence-corrected chi connectivity index (χ3v) is 6.37. The number of hydrogen-bond donors (Lipinski definition) is 4. The first-order chi connectivity index (χ1) is 18.9. The van der Waals surface area contributed by atoms with E-state index >= 15 is 0 Å². The first-order valence-electron chi connectivity index (χ1n) is 12.6. The second-order valence-electron chi connectivity index (χ2n) is 8.56. The topological polar surface area (TPSA) is 154 Å². The zero-order valence-electron chi connectivity index (χ0n) is 22.5. The van der Waals surface area contributed by atoms with Gasteiger partial charge in [0.25, 0.3) is 0 Å². The maximum absolute atomic E-state index is 12.6. The quantitative estimate of drug-likeness (QED) is 0.161. The van der Waals surface area contributed by atoms with Crippen LogP contribution in [0.25, 0.3) is 0 Å². The highest BCUT2D eigenvalue weighted by Gasteiger charge is 2.30. The SMILES string of the molecule is CCO[C@H](COc1ccc(C(F)(F)F)cc1)CSc1ccc(OCC(=O)O)c(C)c1.NCCCC[C@H](N)C(=O)O. The lowest BCUT2D eigenvalue weighted by Gasteiger charge is -2.18. The fourth-order valence-electron chi connectivity index (χ4n) is 3.14. The monoisotopic (exact) mass is 590 g/mol. The van der Waals surface area contributed by atoms with E-state index in [1.807, 2.05) is 26.0 Å². The Morgan fingerprint density at radius 3 is 2.25 bits per heavy atom. The van der Waals surface area contributed by atoms with Gasteiger partial charge in [-0.3, -0.25) is 4.79 Å². The van der Waals surface area contributed by atoms with E-state index in [1.165, 1.54) is 23.9 Å². The summed E-state index contributed by atoms with van der Waals surface area (Å²) in [4.78, 5) is 21.7. The van der Waals surface area contributed by atoms with Crippen molar-refractivity contribution < 1.29 is 47.2 Å². The fraction of sp³-hybridized carbons (Fsp3) is 0.481. The van der Waals surface area contributed by atoms with E-state index in [2.05, 4.69) is 0 Å². The van der Waals surface area contributed by atoms with Crippen LogP contribution in [-0.4, -0.2) is 66.4 Å². The molecule has 0 fully saturated rings. The summed E-state index contributed by atoms with van der Waals surface area (Å²) in [5.41, 5.74) is 10.5. The molecule has 2 atom stereocenters. The molecule has 0 bridgehead atoms. The summed E-state index contributed by atoms with van der Waals surface area (Å²) < 4.78 is 54.4. The molecule has 0 unspecified atom stereocenters.